The second-order valence-corrected chi connectivity index (χ2v) is 7.18. The Balaban J connectivity index is 1.52. The van der Waals surface area contributed by atoms with Crippen molar-refractivity contribution in [2.24, 2.45) is 11.8 Å². The van der Waals surface area contributed by atoms with E-state index in [4.69, 9.17) is 0 Å². The number of likely N-dealkylation sites (tertiary alicyclic amines) is 1. The average molecular weight is 266 g/mol. The molecule has 0 aromatic rings. The minimum absolute atomic E-state index is 0.157. The molecule has 0 bridgehead atoms. The Bertz CT molecular complexity index is 286. The maximum absolute atomic E-state index is 9.97. The van der Waals surface area contributed by atoms with Gasteiger partial charge in [-0.3, -0.25) is 4.90 Å². The zero-order valence-corrected chi connectivity index (χ0v) is 12.4. The van der Waals surface area contributed by atoms with E-state index >= 15 is 0 Å². The summed E-state index contributed by atoms with van der Waals surface area (Å²) in [5.74, 6) is 1.40. The number of rotatable bonds is 5. The molecule has 0 aromatic heterocycles. The molecule has 3 rings (SSSR count). The molecule has 2 saturated carbocycles. The van der Waals surface area contributed by atoms with Crippen LogP contribution < -0.4 is 5.32 Å². The third kappa shape index (κ3) is 3.32. The van der Waals surface area contributed by atoms with Gasteiger partial charge in [-0.1, -0.05) is 12.8 Å². The van der Waals surface area contributed by atoms with Gasteiger partial charge in [0.1, 0.15) is 0 Å². The molecular weight excluding hydrogens is 236 g/mol. The summed E-state index contributed by atoms with van der Waals surface area (Å²) in [5.41, 5.74) is 0. The lowest BCUT2D eigenvalue weighted by molar-refractivity contribution is 0.00948. The van der Waals surface area contributed by atoms with Crippen LogP contribution in [-0.2, 0) is 0 Å². The van der Waals surface area contributed by atoms with Crippen molar-refractivity contribution in [2.75, 3.05) is 19.6 Å². The molecule has 0 spiro atoms. The second kappa shape index (κ2) is 6.11. The fraction of sp³-hybridized carbons (Fsp3) is 1.00. The fourth-order valence-corrected chi connectivity index (χ4v) is 3.75. The highest BCUT2D eigenvalue weighted by atomic mass is 16.3. The summed E-state index contributed by atoms with van der Waals surface area (Å²) in [6.07, 6.45) is 9.44. The Hall–Kier alpha value is -0.120. The van der Waals surface area contributed by atoms with Crippen molar-refractivity contribution in [3.05, 3.63) is 0 Å². The molecule has 1 heterocycles. The van der Waals surface area contributed by atoms with E-state index in [0.29, 0.717) is 12.0 Å². The molecule has 1 aliphatic heterocycles. The molecule has 2 N–H and O–H groups in total. The lowest BCUT2D eigenvalue weighted by Gasteiger charge is -2.46. The normalized spacial score (nSPS) is 35.7. The van der Waals surface area contributed by atoms with Crippen molar-refractivity contribution in [3.63, 3.8) is 0 Å². The van der Waals surface area contributed by atoms with Crippen molar-refractivity contribution >= 4 is 0 Å². The van der Waals surface area contributed by atoms with Crippen LogP contribution in [0.3, 0.4) is 0 Å². The highest BCUT2D eigenvalue weighted by Gasteiger charge is 2.35. The second-order valence-electron chi connectivity index (χ2n) is 7.18. The molecule has 3 aliphatic rings. The van der Waals surface area contributed by atoms with Crippen LogP contribution in [0.5, 0.6) is 0 Å². The van der Waals surface area contributed by atoms with Gasteiger partial charge in [-0.25, -0.2) is 0 Å². The van der Waals surface area contributed by atoms with E-state index in [1.165, 1.54) is 51.6 Å². The van der Waals surface area contributed by atoms with Gasteiger partial charge < -0.3 is 10.4 Å². The summed E-state index contributed by atoms with van der Waals surface area (Å²) in [6.45, 7) is 5.50. The third-order valence-electron chi connectivity index (χ3n) is 5.70. The van der Waals surface area contributed by atoms with E-state index in [9.17, 15) is 5.11 Å². The van der Waals surface area contributed by atoms with E-state index in [1.54, 1.807) is 0 Å². The van der Waals surface area contributed by atoms with E-state index in [0.717, 1.165) is 24.9 Å². The molecular formula is C16H30N2O. The van der Waals surface area contributed by atoms with Crippen LogP contribution in [0.1, 0.15) is 51.9 Å². The molecule has 0 radical (unpaired) electrons. The summed E-state index contributed by atoms with van der Waals surface area (Å²) < 4.78 is 0. The Labute approximate surface area is 117 Å². The highest BCUT2D eigenvalue weighted by molar-refractivity contribution is 4.91. The molecule has 110 valence electrons. The standard InChI is InChI=1S/C16H30N2O/c1-12(19)14-8-15(17-9-13-4-2-5-13)11-18(10-14)16-6-3-7-16/h12-17,19H,2-11H2,1H3. The first-order valence-electron chi connectivity index (χ1n) is 8.38. The number of aliphatic hydroxyl groups excluding tert-OH is 1. The summed E-state index contributed by atoms with van der Waals surface area (Å²) in [5, 5.41) is 13.8. The van der Waals surface area contributed by atoms with Gasteiger partial charge in [0.15, 0.2) is 0 Å². The van der Waals surface area contributed by atoms with Crippen LogP contribution in [0.2, 0.25) is 0 Å². The van der Waals surface area contributed by atoms with Gasteiger partial charge in [0.05, 0.1) is 6.10 Å². The minimum atomic E-state index is -0.157. The van der Waals surface area contributed by atoms with Gasteiger partial charge in [-0.2, -0.15) is 0 Å². The van der Waals surface area contributed by atoms with Crippen molar-refractivity contribution in [1.82, 2.24) is 10.2 Å². The van der Waals surface area contributed by atoms with Crippen LogP contribution in [0.4, 0.5) is 0 Å². The molecule has 0 amide bonds. The van der Waals surface area contributed by atoms with Gasteiger partial charge in [0.2, 0.25) is 0 Å². The summed E-state index contributed by atoms with van der Waals surface area (Å²) >= 11 is 0. The number of hydrogen-bond donors (Lipinski definition) is 2. The Morgan fingerprint density at radius 1 is 1.16 bits per heavy atom. The van der Waals surface area contributed by atoms with Crippen LogP contribution >= 0.6 is 0 Å². The van der Waals surface area contributed by atoms with Crippen molar-refractivity contribution in [3.8, 4) is 0 Å². The van der Waals surface area contributed by atoms with Crippen molar-refractivity contribution < 1.29 is 5.11 Å². The predicted octanol–water partition coefficient (Wildman–Crippen LogP) is 2.00. The van der Waals surface area contributed by atoms with Gasteiger partial charge in [-0.15, -0.1) is 0 Å². The largest absolute Gasteiger partial charge is 0.393 e. The van der Waals surface area contributed by atoms with Gasteiger partial charge in [-0.05, 0) is 57.4 Å². The van der Waals surface area contributed by atoms with Crippen molar-refractivity contribution in [1.29, 1.82) is 0 Å². The average Bonchev–Trinajstić information content (AvgIpc) is 2.24. The molecule has 3 fully saturated rings. The maximum atomic E-state index is 9.97. The zero-order chi connectivity index (χ0) is 13.2. The first kappa shape index (κ1) is 13.8. The third-order valence-corrected chi connectivity index (χ3v) is 5.70. The summed E-state index contributed by atoms with van der Waals surface area (Å²) in [4.78, 5) is 2.66. The smallest absolute Gasteiger partial charge is 0.0553 e. The van der Waals surface area contributed by atoms with E-state index in [1.807, 2.05) is 6.92 Å². The summed E-state index contributed by atoms with van der Waals surface area (Å²) in [6, 6.07) is 1.42. The number of hydrogen-bond acceptors (Lipinski definition) is 3. The van der Waals surface area contributed by atoms with Gasteiger partial charge >= 0.3 is 0 Å². The van der Waals surface area contributed by atoms with E-state index in [-0.39, 0.29) is 6.10 Å². The van der Waals surface area contributed by atoms with Crippen LogP contribution in [0.25, 0.3) is 0 Å². The van der Waals surface area contributed by atoms with Crippen LogP contribution in [0.15, 0.2) is 0 Å². The molecule has 3 heteroatoms. The van der Waals surface area contributed by atoms with Crippen LogP contribution in [0, 0.1) is 11.8 Å². The Kier molecular flexibility index (Phi) is 4.45. The van der Waals surface area contributed by atoms with Crippen LogP contribution in [-0.4, -0.2) is 47.8 Å². The topological polar surface area (TPSA) is 35.5 Å². The molecule has 0 aromatic carbocycles. The first-order chi connectivity index (χ1) is 9.22. The molecule has 2 aliphatic carbocycles. The quantitative estimate of drug-likeness (QED) is 0.799. The SMILES string of the molecule is CC(O)C1CC(NCC2CCC2)CN(C2CCC2)C1. The molecule has 3 atom stereocenters. The number of nitrogens with zero attached hydrogens (tertiary/aromatic N) is 1. The van der Waals surface area contributed by atoms with E-state index in [2.05, 4.69) is 10.2 Å². The fourth-order valence-electron chi connectivity index (χ4n) is 3.75. The minimum Gasteiger partial charge on any atom is -0.393 e. The summed E-state index contributed by atoms with van der Waals surface area (Å²) in [7, 11) is 0. The van der Waals surface area contributed by atoms with E-state index < -0.39 is 0 Å². The lowest BCUT2D eigenvalue weighted by Crippen LogP contribution is -2.56. The zero-order valence-electron chi connectivity index (χ0n) is 12.4. The molecule has 3 nitrogen and oxygen atoms in total. The molecule has 19 heavy (non-hydrogen) atoms. The predicted molar refractivity (Wildman–Crippen MR) is 78.1 cm³/mol. The van der Waals surface area contributed by atoms with Gasteiger partial charge in [0.25, 0.3) is 0 Å². The molecule has 3 unspecified atom stereocenters. The Morgan fingerprint density at radius 3 is 2.42 bits per heavy atom. The maximum Gasteiger partial charge on any atom is 0.0553 e. The number of nitrogens with one attached hydrogen (secondary N) is 1. The number of piperidine rings is 1. The number of aliphatic hydroxyl groups is 1. The first-order valence-corrected chi connectivity index (χ1v) is 8.38. The molecule has 1 saturated heterocycles. The lowest BCUT2D eigenvalue weighted by atomic mass is 9.83. The highest BCUT2D eigenvalue weighted by Crippen LogP contribution is 2.31. The Morgan fingerprint density at radius 2 is 1.89 bits per heavy atom. The monoisotopic (exact) mass is 266 g/mol. The van der Waals surface area contributed by atoms with Crippen molar-refractivity contribution in [2.45, 2.75) is 70.1 Å². The van der Waals surface area contributed by atoms with Gasteiger partial charge in [0, 0.05) is 25.2 Å².